The molecule has 0 radical (unpaired) electrons. The van der Waals surface area contributed by atoms with Crippen molar-refractivity contribution < 1.29 is 13.2 Å². The highest BCUT2D eigenvalue weighted by Gasteiger charge is 2.37. The van der Waals surface area contributed by atoms with E-state index in [9.17, 15) is 8.42 Å². The van der Waals surface area contributed by atoms with Crippen molar-refractivity contribution in [3.8, 4) is 0 Å². The molecule has 3 rings (SSSR count). The van der Waals surface area contributed by atoms with Crippen LogP contribution in [0.4, 0.5) is 0 Å². The van der Waals surface area contributed by atoms with Crippen molar-refractivity contribution in [2.24, 2.45) is 0 Å². The molecule has 4 nitrogen and oxygen atoms in total. The number of rotatable bonds is 3. The molecule has 1 aliphatic heterocycles. The monoisotopic (exact) mass is 303 g/mol. The molecule has 0 N–H and O–H groups in total. The second-order valence-electron chi connectivity index (χ2n) is 5.07. The number of ether oxygens (including phenoxy) is 1. The number of hydrogen-bond acceptors (Lipinski definition) is 3. The lowest BCUT2D eigenvalue weighted by molar-refractivity contribution is 0.0683. The zero-order valence-corrected chi connectivity index (χ0v) is 12.6. The molecule has 0 aliphatic carbocycles. The van der Waals surface area contributed by atoms with E-state index in [0.29, 0.717) is 18.0 Å². The highest BCUT2D eigenvalue weighted by atomic mass is 32.2. The molecule has 1 saturated heterocycles. The van der Waals surface area contributed by atoms with Crippen molar-refractivity contribution in [1.29, 1.82) is 0 Å². The predicted octanol–water partition coefficient (Wildman–Crippen LogP) is 2.71. The predicted molar refractivity (Wildman–Crippen MR) is 80.2 cm³/mol. The molecule has 5 heteroatoms. The molecule has 0 spiro atoms. The van der Waals surface area contributed by atoms with E-state index < -0.39 is 16.3 Å². The van der Waals surface area contributed by atoms with Gasteiger partial charge < -0.3 is 4.74 Å². The summed E-state index contributed by atoms with van der Waals surface area (Å²) >= 11 is 0. The summed E-state index contributed by atoms with van der Waals surface area (Å²) in [6.45, 7) is 2.66. The largest absolute Gasteiger partial charge is 0.356 e. The number of benzene rings is 2. The molecule has 0 aromatic heterocycles. The van der Waals surface area contributed by atoms with Gasteiger partial charge >= 0.3 is 0 Å². The average Bonchev–Trinajstić information content (AvgIpc) is 2.98. The van der Waals surface area contributed by atoms with Crippen LogP contribution >= 0.6 is 0 Å². The van der Waals surface area contributed by atoms with Crippen LogP contribution in [0, 0.1) is 6.92 Å². The fourth-order valence-electron chi connectivity index (χ4n) is 2.49. The van der Waals surface area contributed by atoms with Gasteiger partial charge in [-0.15, -0.1) is 0 Å². The molecule has 2 aromatic carbocycles. The molecule has 2 aromatic rings. The summed E-state index contributed by atoms with van der Waals surface area (Å²) in [7, 11) is -3.55. The second-order valence-corrected chi connectivity index (χ2v) is 6.96. The van der Waals surface area contributed by atoms with Crippen LogP contribution < -0.4 is 0 Å². The maximum absolute atomic E-state index is 12.8. The topological polar surface area (TPSA) is 46.6 Å². The van der Waals surface area contributed by atoms with E-state index in [4.69, 9.17) is 4.74 Å². The highest BCUT2D eigenvalue weighted by molar-refractivity contribution is 7.89. The van der Waals surface area contributed by atoms with Gasteiger partial charge in [0.15, 0.2) is 0 Å². The first-order valence-corrected chi connectivity index (χ1v) is 8.28. The number of sulfonamides is 1. The minimum atomic E-state index is -3.55. The number of aryl methyl sites for hydroxylation is 1. The lowest BCUT2D eigenvalue weighted by Crippen LogP contribution is -2.31. The summed E-state index contributed by atoms with van der Waals surface area (Å²) in [5.41, 5.74) is 1.78. The van der Waals surface area contributed by atoms with Gasteiger partial charge in [-0.1, -0.05) is 42.5 Å². The third kappa shape index (κ3) is 2.72. The second kappa shape index (κ2) is 5.60. The maximum atomic E-state index is 12.8. The van der Waals surface area contributed by atoms with Crippen LogP contribution in [0.15, 0.2) is 59.5 Å². The smallest absolute Gasteiger partial charge is 0.245 e. The van der Waals surface area contributed by atoms with Crippen molar-refractivity contribution in [3.63, 3.8) is 0 Å². The summed E-state index contributed by atoms with van der Waals surface area (Å²) < 4.78 is 32.7. The first kappa shape index (κ1) is 14.3. The van der Waals surface area contributed by atoms with Crippen LogP contribution in [0.2, 0.25) is 0 Å². The van der Waals surface area contributed by atoms with Gasteiger partial charge in [-0.05, 0) is 30.2 Å². The summed E-state index contributed by atoms with van der Waals surface area (Å²) in [4.78, 5) is 0.314. The normalized spacial score (nSPS) is 19.8. The molecule has 1 unspecified atom stereocenters. The van der Waals surface area contributed by atoms with E-state index in [1.165, 1.54) is 4.31 Å². The molecule has 0 amide bonds. The molecular formula is C16H17NO3S. The highest BCUT2D eigenvalue weighted by Crippen LogP contribution is 2.32. The van der Waals surface area contributed by atoms with Crippen LogP contribution in [0.25, 0.3) is 0 Å². The van der Waals surface area contributed by atoms with Gasteiger partial charge in [0.25, 0.3) is 0 Å². The van der Waals surface area contributed by atoms with Crippen LogP contribution in [0.3, 0.4) is 0 Å². The molecule has 21 heavy (non-hydrogen) atoms. The lowest BCUT2D eigenvalue weighted by Gasteiger charge is -2.23. The fourth-order valence-corrected chi connectivity index (χ4v) is 4.10. The Morgan fingerprint density at radius 3 is 2.57 bits per heavy atom. The Morgan fingerprint density at radius 1 is 1.10 bits per heavy atom. The van der Waals surface area contributed by atoms with Gasteiger partial charge in [-0.3, -0.25) is 0 Å². The minimum absolute atomic E-state index is 0.314. The fraction of sp³-hybridized carbons (Fsp3) is 0.250. The third-order valence-electron chi connectivity index (χ3n) is 3.53. The van der Waals surface area contributed by atoms with Crippen molar-refractivity contribution in [2.45, 2.75) is 18.0 Å². The van der Waals surface area contributed by atoms with Gasteiger partial charge in [0.2, 0.25) is 10.0 Å². The van der Waals surface area contributed by atoms with E-state index in [-0.39, 0.29) is 0 Å². The van der Waals surface area contributed by atoms with E-state index >= 15 is 0 Å². The number of hydrogen-bond donors (Lipinski definition) is 0. The summed E-state index contributed by atoms with van der Waals surface area (Å²) in [5, 5.41) is 0. The average molecular weight is 303 g/mol. The standard InChI is InChI=1S/C16H17NO3S/c1-13-6-5-9-15(12-13)21(18,19)17-10-11-20-16(17)14-7-3-2-4-8-14/h2-9,12,16H,10-11H2,1H3. The lowest BCUT2D eigenvalue weighted by atomic mass is 10.2. The van der Waals surface area contributed by atoms with E-state index in [1.807, 2.05) is 43.3 Å². The molecule has 110 valence electrons. The Labute approximate surface area is 125 Å². The van der Waals surface area contributed by atoms with E-state index in [1.54, 1.807) is 18.2 Å². The molecule has 0 bridgehead atoms. The Morgan fingerprint density at radius 2 is 1.86 bits per heavy atom. The SMILES string of the molecule is Cc1cccc(S(=O)(=O)N2CCOC2c2ccccc2)c1. The van der Waals surface area contributed by atoms with Crippen LogP contribution in [0.1, 0.15) is 17.4 Å². The van der Waals surface area contributed by atoms with E-state index in [0.717, 1.165) is 11.1 Å². The molecule has 1 aliphatic rings. The molecule has 1 heterocycles. The summed E-state index contributed by atoms with van der Waals surface area (Å²) in [6, 6.07) is 16.4. The summed E-state index contributed by atoms with van der Waals surface area (Å²) in [5.74, 6) is 0. The van der Waals surface area contributed by atoms with Crippen LogP contribution in [-0.2, 0) is 14.8 Å². The Bertz CT molecular complexity index is 728. The van der Waals surface area contributed by atoms with Crippen LogP contribution in [-0.4, -0.2) is 25.9 Å². The zero-order valence-electron chi connectivity index (χ0n) is 11.8. The first-order chi connectivity index (χ1) is 10.1. The van der Waals surface area contributed by atoms with Crippen molar-refractivity contribution in [1.82, 2.24) is 4.31 Å². The van der Waals surface area contributed by atoms with Crippen LogP contribution in [0.5, 0.6) is 0 Å². The van der Waals surface area contributed by atoms with Crippen molar-refractivity contribution in [3.05, 3.63) is 65.7 Å². The maximum Gasteiger partial charge on any atom is 0.245 e. The van der Waals surface area contributed by atoms with Gasteiger partial charge in [-0.2, -0.15) is 4.31 Å². The van der Waals surface area contributed by atoms with Gasteiger partial charge in [0.1, 0.15) is 6.23 Å². The Balaban J connectivity index is 1.98. The van der Waals surface area contributed by atoms with E-state index in [2.05, 4.69) is 0 Å². The van der Waals surface area contributed by atoms with Gasteiger partial charge in [-0.25, -0.2) is 8.42 Å². The Hall–Kier alpha value is -1.69. The van der Waals surface area contributed by atoms with Crippen molar-refractivity contribution in [2.75, 3.05) is 13.2 Å². The number of nitrogens with zero attached hydrogens (tertiary/aromatic N) is 1. The molecule has 1 atom stereocenters. The quantitative estimate of drug-likeness (QED) is 0.876. The molecule has 0 saturated carbocycles. The zero-order chi connectivity index (χ0) is 14.9. The molecule has 1 fully saturated rings. The molecular weight excluding hydrogens is 286 g/mol. The minimum Gasteiger partial charge on any atom is -0.356 e. The van der Waals surface area contributed by atoms with Gasteiger partial charge in [0, 0.05) is 6.54 Å². The van der Waals surface area contributed by atoms with Crippen molar-refractivity contribution >= 4 is 10.0 Å². The first-order valence-electron chi connectivity index (χ1n) is 6.84. The Kier molecular flexibility index (Phi) is 3.80. The third-order valence-corrected chi connectivity index (χ3v) is 5.37. The van der Waals surface area contributed by atoms with Gasteiger partial charge in [0.05, 0.1) is 11.5 Å². The summed E-state index contributed by atoms with van der Waals surface area (Å²) in [6.07, 6.45) is -0.545.